The van der Waals surface area contributed by atoms with Crippen LogP contribution in [0.3, 0.4) is 0 Å². The summed E-state index contributed by atoms with van der Waals surface area (Å²) in [6.45, 7) is 26.3. The molecular weight excluding hydrogens is 946 g/mol. The number of aliphatic carboxylic acids is 1. The number of alkyl carbamates (subject to hydrolysis) is 2. The third kappa shape index (κ3) is 33.1. The number of hydrogen-bond acceptors (Lipinski definition) is 12. The summed E-state index contributed by atoms with van der Waals surface area (Å²) < 4.78 is 15.5. The fourth-order valence-corrected chi connectivity index (χ4v) is 6.26. The van der Waals surface area contributed by atoms with Crippen molar-refractivity contribution in [1.82, 2.24) is 31.1 Å². The first-order valence-electron chi connectivity index (χ1n) is 18.4. The molecule has 0 aromatic carbocycles. The van der Waals surface area contributed by atoms with E-state index in [1.165, 1.54) is 7.11 Å². The van der Waals surface area contributed by atoms with Gasteiger partial charge in [-0.3, -0.25) is 29.0 Å². The molecule has 17 nitrogen and oxygen atoms in total. The van der Waals surface area contributed by atoms with E-state index in [9.17, 15) is 33.9 Å². The second-order valence-electron chi connectivity index (χ2n) is 17.9. The Balaban J connectivity index is -0.0000000962. The molecule has 0 spiro atoms. The summed E-state index contributed by atoms with van der Waals surface area (Å²) in [6.07, 6.45) is 1.33. The van der Waals surface area contributed by atoms with Crippen LogP contribution in [0.15, 0.2) is 0 Å². The number of nitrogens with zero attached hydrogens (tertiary/aromatic N) is 2. The van der Waals surface area contributed by atoms with Crippen molar-refractivity contribution in [3.8, 4) is 0 Å². The molecule has 2 fully saturated rings. The molecule has 6 atom stereocenters. The Morgan fingerprint density at radius 2 is 0.873 bits per heavy atom. The molecule has 0 bridgehead atoms. The van der Waals surface area contributed by atoms with E-state index in [0.717, 1.165) is 6.42 Å². The molecule has 0 aromatic rings. The van der Waals surface area contributed by atoms with Gasteiger partial charge in [-0.05, 0) is 136 Å². The molecule has 26 heteroatoms. The van der Waals surface area contributed by atoms with E-state index >= 15 is 0 Å². The molecule has 0 aliphatic carbocycles. The van der Waals surface area contributed by atoms with Crippen molar-refractivity contribution in [1.29, 1.82) is 0 Å². The molecule has 2 aliphatic heterocycles. The smallest absolute Gasteiger partial charge is 1.00 e. The van der Waals surface area contributed by atoms with Crippen LogP contribution in [-0.2, 0) is 33.4 Å². The van der Waals surface area contributed by atoms with E-state index in [1.807, 2.05) is 46.4 Å². The summed E-state index contributed by atoms with van der Waals surface area (Å²) in [5.74, 6) is -1.89. The maximum Gasteiger partial charge on any atom is 1.00 e. The molecule has 0 radical (unpaired) electrons. The number of likely N-dealkylation sites (tertiary alicyclic amines) is 2. The second kappa shape index (κ2) is 36.9. The molecule has 2 aliphatic rings. The van der Waals surface area contributed by atoms with Gasteiger partial charge in [0.25, 0.3) is 0 Å². The molecule has 2 heterocycles. The first kappa shape index (κ1) is 86.1. The largest absolute Gasteiger partial charge is 1.00 e. The number of hydrogen-bond donors (Lipinski definition) is 5. The zero-order chi connectivity index (χ0) is 41.3. The average molecular weight is 1030 g/mol. The molecule has 4 amide bonds. The number of ether oxygens (including phenoxy) is 3. The van der Waals surface area contributed by atoms with Gasteiger partial charge in [-0.15, -0.1) is 0 Å². The van der Waals surface area contributed by atoms with Gasteiger partial charge in [-0.25, -0.2) is 9.59 Å². The summed E-state index contributed by atoms with van der Waals surface area (Å²) in [5.41, 5.74) is -2.22. The molecule has 0 unspecified atom stereocenters. The van der Waals surface area contributed by atoms with Crippen molar-refractivity contribution in [3.05, 3.63) is 0 Å². The number of carboxylic acid groups (broad SMARTS) is 1. The van der Waals surface area contributed by atoms with Gasteiger partial charge in [0, 0.05) is 11.1 Å². The number of rotatable bonds is 10. The van der Waals surface area contributed by atoms with E-state index in [0.29, 0.717) is 32.4 Å². The molecule has 2 saturated heterocycles. The Labute approximate surface area is 449 Å². The van der Waals surface area contributed by atoms with Crippen molar-refractivity contribution >= 4 is 117 Å². The minimum Gasteiger partial charge on any atom is -1.00 e. The molecule has 0 aromatic heterocycles. The minimum absolute atomic E-state index is 0. The Bertz CT molecular complexity index is 1330. The number of amides is 4. The maximum atomic E-state index is 13.0. The van der Waals surface area contributed by atoms with Gasteiger partial charge in [0.1, 0.15) is 35.4 Å². The van der Waals surface area contributed by atoms with E-state index in [-0.39, 0.29) is 154 Å². The molecule has 6 N–H and O–H groups in total. The molecular formula is C37H81ClLi2N6O11S6. The van der Waals surface area contributed by atoms with Crippen LogP contribution in [0.4, 0.5) is 9.59 Å². The first-order valence-corrected chi connectivity index (χ1v) is 18.4. The van der Waals surface area contributed by atoms with Gasteiger partial charge in [-0.2, -0.15) is 81.0 Å². The average Bonchev–Trinajstić information content (AvgIpc) is 3.59. The monoisotopic (exact) mass is 1030 g/mol. The summed E-state index contributed by atoms with van der Waals surface area (Å²) >= 11 is 0. The zero-order valence-corrected chi connectivity index (χ0v) is 47.3. The van der Waals surface area contributed by atoms with Gasteiger partial charge in [-0.1, -0.05) is 0 Å². The number of halogens is 1. The zero-order valence-electron chi connectivity index (χ0n) is 40.5. The Morgan fingerprint density at radius 3 is 1.13 bits per heavy atom. The van der Waals surface area contributed by atoms with Crippen LogP contribution in [0, 0.1) is 0 Å². The van der Waals surface area contributed by atoms with Gasteiger partial charge in [0.15, 0.2) is 0 Å². The molecule has 63 heavy (non-hydrogen) atoms. The van der Waals surface area contributed by atoms with Gasteiger partial charge in [0.2, 0.25) is 11.8 Å². The van der Waals surface area contributed by atoms with Crippen molar-refractivity contribution in [3.63, 3.8) is 0 Å². The van der Waals surface area contributed by atoms with Crippen LogP contribution in [0.1, 0.15) is 123 Å². The summed E-state index contributed by atoms with van der Waals surface area (Å²) in [5, 5.41) is 20.7. The van der Waals surface area contributed by atoms with Crippen LogP contribution >= 0.6 is 81.0 Å². The maximum absolute atomic E-state index is 13.0. The van der Waals surface area contributed by atoms with E-state index in [4.69, 9.17) is 14.2 Å². The van der Waals surface area contributed by atoms with Crippen molar-refractivity contribution in [2.24, 2.45) is 0 Å². The standard InChI is InChI=1S/C19H35N3O5.C18H33N3O5.ClH.2Li.H2O.6H2S/c1-12(20-17(25)27-19(5,6)7)14(15(23)21-18(2,3)4)22-11-9-10-13(22)16(24)26-8;1-11(19-16(25)26-18(5,6)7)13(14(22)20-17(2,3)4)21-10-8-9-12(21)15(23)24;;;;;;;;;;/h12-14H,9-11H2,1-8H3,(H,20,25)(H,21,23);11-13H,8-10H2,1-7H3,(H,19,25)(H,20,22)(H,23,24);1H;;;7*1H2/q;;;2*+1;;;;;;;/p-2/t12-,13-,14-;11-,12-,13-;;;;;;;;;;/m00........../s1. The van der Waals surface area contributed by atoms with Gasteiger partial charge in [0.05, 0.1) is 19.2 Å². The Morgan fingerprint density at radius 1 is 0.587 bits per heavy atom. The van der Waals surface area contributed by atoms with Gasteiger partial charge >= 0.3 is 61.8 Å². The quantitative estimate of drug-likeness (QED) is 0.0786. The van der Waals surface area contributed by atoms with Crippen molar-refractivity contribution in [2.45, 2.75) is 181 Å². The number of methoxy groups -OCH3 is 1. The van der Waals surface area contributed by atoms with Crippen LogP contribution in [-0.4, -0.2) is 135 Å². The van der Waals surface area contributed by atoms with Crippen LogP contribution in [0.2, 0.25) is 0 Å². The second-order valence-corrected chi connectivity index (χ2v) is 17.9. The third-order valence-corrected chi connectivity index (χ3v) is 8.03. The molecule has 0 saturated carbocycles. The number of carboxylic acids is 1. The number of esters is 1. The van der Waals surface area contributed by atoms with E-state index in [1.54, 1.807) is 60.3 Å². The number of carbonyl (C=O) groups excluding carboxylic acids is 5. The predicted molar refractivity (Wildman–Crippen MR) is 264 cm³/mol. The Kier molecular flexibility index (Phi) is 50.4. The SMILES string of the molecule is COC(=O)[C@@H]1CCCN1[C@H](C(=O)NC(C)(C)C)[C@H](C)NC(=O)OC(C)(C)C.C[C@H](NC(=O)OC(C)(C)C)[C@@H](C(=O)NC(C)(C)C)N1CCC[C@H]1C(=O)O.S.S.S.S.S.S.[Cl-].[Li+].[Li+].[OH-]. The number of carbonyl (C=O) groups is 6. The first-order chi connectivity index (χ1) is 24.0. The van der Waals surface area contributed by atoms with Crippen LogP contribution in [0.25, 0.3) is 0 Å². The molecule has 2 rings (SSSR count). The fourth-order valence-electron chi connectivity index (χ4n) is 6.26. The number of nitrogens with one attached hydrogen (secondary N) is 4. The van der Waals surface area contributed by atoms with Crippen molar-refractivity contribution in [2.75, 3.05) is 20.2 Å². The summed E-state index contributed by atoms with van der Waals surface area (Å²) in [7, 11) is 1.34. The normalized spacial score (nSPS) is 17.4. The topological polar surface area (TPSA) is 235 Å². The van der Waals surface area contributed by atoms with Crippen molar-refractivity contribution < 1.29 is 104 Å². The van der Waals surface area contributed by atoms with E-state index < -0.39 is 76.7 Å². The van der Waals surface area contributed by atoms with E-state index in [2.05, 4.69) is 21.3 Å². The van der Waals surface area contributed by atoms with Crippen LogP contribution in [0.5, 0.6) is 0 Å². The van der Waals surface area contributed by atoms with Gasteiger partial charge < -0.3 is 58.5 Å². The molecule has 370 valence electrons. The fraction of sp³-hybridized carbons (Fsp3) is 0.838. The Hall–Kier alpha value is -0.115. The predicted octanol–water partition coefficient (Wildman–Crippen LogP) is -4.94. The summed E-state index contributed by atoms with van der Waals surface area (Å²) in [6, 6.07) is -3.95. The minimum atomic E-state index is -0.958. The third-order valence-electron chi connectivity index (χ3n) is 8.03. The summed E-state index contributed by atoms with van der Waals surface area (Å²) in [4.78, 5) is 77.4. The van der Waals surface area contributed by atoms with Crippen LogP contribution < -0.4 is 71.4 Å².